The number of benzene rings is 1. The second-order valence-corrected chi connectivity index (χ2v) is 7.17. The van der Waals surface area contributed by atoms with Crippen molar-refractivity contribution in [1.82, 2.24) is 9.55 Å². The molecule has 2 rings (SSSR count). The minimum Gasteiger partial charge on any atom is -0.385 e. The van der Waals surface area contributed by atoms with E-state index in [4.69, 9.17) is 10.5 Å². The van der Waals surface area contributed by atoms with Crippen molar-refractivity contribution < 1.29 is 9.53 Å². The Bertz CT molecular complexity index is 946. The third-order valence-electron chi connectivity index (χ3n) is 4.27. The minimum absolute atomic E-state index is 0.0112. The van der Waals surface area contributed by atoms with Crippen LogP contribution in [0, 0.1) is 12.8 Å². The van der Waals surface area contributed by atoms with Crippen LogP contribution >= 0.6 is 0 Å². The lowest BCUT2D eigenvalue weighted by Gasteiger charge is -2.25. The summed E-state index contributed by atoms with van der Waals surface area (Å²) < 4.78 is 6.38. The molecule has 1 aromatic carbocycles. The molecule has 0 unspecified atom stereocenters. The molecule has 0 radical (unpaired) electrons. The van der Waals surface area contributed by atoms with Gasteiger partial charge in [0.1, 0.15) is 5.82 Å². The van der Waals surface area contributed by atoms with E-state index in [9.17, 15) is 14.4 Å². The molecule has 1 aromatic heterocycles. The summed E-state index contributed by atoms with van der Waals surface area (Å²) in [6.45, 7) is 6.74. The lowest BCUT2D eigenvalue weighted by atomic mass is 10.1. The zero-order valence-corrected chi connectivity index (χ0v) is 16.8. The molecule has 2 aromatic rings. The molecule has 0 fully saturated rings. The lowest BCUT2D eigenvalue weighted by Crippen LogP contribution is -2.42. The molecule has 0 saturated heterocycles. The van der Waals surface area contributed by atoms with E-state index in [1.807, 2.05) is 26.8 Å². The number of hydrogen-bond donors (Lipinski definition) is 2. The number of rotatable bonds is 8. The Labute approximate surface area is 163 Å². The summed E-state index contributed by atoms with van der Waals surface area (Å²) in [6.07, 6.45) is 0.510. The van der Waals surface area contributed by atoms with E-state index in [1.165, 1.54) is 9.47 Å². The number of aryl methyl sites for hydroxylation is 1. The first-order chi connectivity index (χ1) is 13.3. The lowest BCUT2D eigenvalue weighted by molar-refractivity contribution is 0.0983. The van der Waals surface area contributed by atoms with Gasteiger partial charge in [0.15, 0.2) is 5.69 Å². The maximum absolute atomic E-state index is 13.2. The number of carbonyl (C=O) groups excluding carboxylic acids is 1. The minimum atomic E-state index is -0.680. The largest absolute Gasteiger partial charge is 0.385 e. The zero-order valence-electron chi connectivity index (χ0n) is 16.8. The number of anilines is 2. The fourth-order valence-electron chi connectivity index (χ4n) is 3.00. The Kier molecular flexibility index (Phi) is 7.17. The van der Waals surface area contributed by atoms with Gasteiger partial charge in [-0.1, -0.05) is 31.5 Å². The number of methoxy groups -OCH3 is 1. The summed E-state index contributed by atoms with van der Waals surface area (Å²) in [4.78, 5) is 41.6. The average Bonchev–Trinajstić information content (AvgIpc) is 2.63. The Balaban J connectivity index is 2.58. The average molecular weight is 388 g/mol. The van der Waals surface area contributed by atoms with Gasteiger partial charge in [0.25, 0.3) is 11.5 Å². The summed E-state index contributed by atoms with van der Waals surface area (Å²) in [5.41, 5.74) is 6.30. The third-order valence-corrected chi connectivity index (χ3v) is 4.27. The van der Waals surface area contributed by atoms with Crippen molar-refractivity contribution in [2.24, 2.45) is 5.92 Å². The number of aromatic nitrogens is 2. The first-order valence-corrected chi connectivity index (χ1v) is 9.26. The third kappa shape index (κ3) is 4.89. The first kappa shape index (κ1) is 21.4. The van der Waals surface area contributed by atoms with Gasteiger partial charge in [0, 0.05) is 32.4 Å². The van der Waals surface area contributed by atoms with Gasteiger partial charge in [-0.3, -0.25) is 19.1 Å². The van der Waals surface area contributed by atoms with Crippen molar-refractivity contribution in [1.29, 1.82) is 0 Å². The molecular formula is C20H28N4O4. The maximum Gasteiger partial charge on any atom is 0.330 e. The van der Waals surface area contributed by atoms with E-state index in [1.54, 1.807) is 25.3 Å². The van der Waals surface area contributed by atoms with E-state index in [2.05, 4.69) is 4.98 Å². The second-order valence-electron chi connectivity index (χ2n) is 7.17. The molecule has 0 aliphatic heterocycles. The number of nitrogens with two attached hydrogens (primary N) is 1. The van der Waals surface area contributed by atoms with Gasteiger partial charge < -0.3 is 15.4 Å². The molecule has 3 N–H and O–H groups in total. The summed E-state index contributed by atoms with van der Waals surface area (Å²) >= 11 is 0. The van der Waals surface area contributed by atoms with E-state index in [0.717, 1.165) is 5.56 Å². The number of hydrogen-bond acceptors (Lipinski definition) is 5. The molecule has 8 nitrogen and oxygen atoms in total. The molecule has 0 atom stereocenters. The Morgan fingerprint density at radius 2 is 2.04 bits per heavy atom. The normalized spacial score (nSPS) is 11.0. The van der Waals surface area contributed by atoms with E-state index in [0.29, 0.717) is 25.1 Å². The highest BCUT2D eigenvalue weighted by Gasteiger charge is 2.25. The summed E-state index contributed by atoms with van der Waals surface area (Å²) in [5.74, 6) is -0.235. The number of carbonyl (C=O) groups is 1. The van der Waals surface area contributed by atoms with Crippen LogP contribution in [-0.2, 0) is 11.3 Å². The van der Waals surface area contributed by atoms with Crippen molar-refractivity contribution in [2.75, 3.05) is 30.9 Å². The molecular weight excluding hydrogens is 360 g/mol. The highest BCUT2D eigenvalue weighted by atomic mass is 16.5. The van der Waals surface area contributed by atoms with E-state index < -0.39 is 11.2 Å². The number of nitrogen functional groups attached to an aromatic ring is 1. The van der Waals surface area contributed by atoms with Gasteiger partial charge in [0.2, 0.25) is 0 Å². The standard InChI is InChI=1S/C20H28N4O4/c1-13(2)12-24-17(21)16(18(25)22-20(24)27)23(9-6-10-28-4)19(26)15-8-5-7-14(3)11-15/h5,7-8,11,13H,6,9-10,12,21H2,1-4H3,(H,22,25,27). The Morgan fingerprint density at radius 1 is 1.32 bits per heavy atom. The summed E-state index contributed by atoms with van der Waals surface area (Å²) in [5, 5.41) is 0. The molecule has 0 saturated carbocycles. The molecule has 0 aliphatic carbocycles. The molecule has 1 amide bonds. The van der Waals surface area contributed by atoms with Crippen molar-refractivity contribution in [3.8, 4) is 0 Å². The smallest absolute Gasteiger partial charge is 0.330 e. The summed E-state index contributed by atoms with van der Waals surface area (Å²) in [7, 11) is 1.57. The van der Waals surface area contributed by atoms with Crippen molar-refractivity contribution in [3.05, 3.63) is 56.2 Å². The van der Waals surface area contributed by atoms with Crippen LogP contribution in [-0.4, -0.2) is 35.7 Å². The van der Waals surface area contributed by atoms with Gasteiger partial charge in [-0.25, -0.2) is 4.79 Å². The predicted octanol–water partition coefficient (Wildman–Crippen LogP) is 1.77. The quantitative estimate of drug-likeness (QED) is 0.670. The second kappa shape index (κ2) is 9.36. The first-order valence-electron chi connectivity index (χ1n) is 9.26. The van der Waals surface area contributed by atoms with Gasteiger partial charge in [-0.05, 0) is 31.4 Å². The number of ether oxygens (including phenoxy) is 1. The molecule has 0 spiro atoms. The monoisotopic (exact) mass is 388 g/mol. The fraction of sp³-hybridized carbons (Fsp3) is 0.450. The molecule has 152 valence electrons. The van der Waals surface area contributed by atoms with Crippen molar-refractivity contribution >= 4 is 17.4 Å². The van der Waals surface area contributed by atoms with Gasteiger partial charge in [0.05, 0.1) is 0 Å². The van der Waals surface area contributed by atoms with Crippen LogP contribution in [0.25, 0.3) is 0 Å². The van der Waals surface area contributed by atoms with Crippen molar-refractivity contribution in [2.45, 2.75) is 33.7 Å². The Hall–Kier alpha value is -2.87. The van der Waals surface area contributed by atoms with Gasteiger partial charge in [-0.2, -0.15) is 0 Å². The van der Waals surface area contributed by atoms with Crippen LogP contribution in [0.5, 0.6) is 0 Å². The van der Waals surface area contributed by atoms with Crippen LogP contribution in [0.3, 0.4) is 0 Å². The summed E-state index contributed by atoms with van der Waals surface area (Å²) in [6, 6.07) is 7.10. The number of nitrogens with one attached hydrogen (secondary N) is 1. The van der Waals surface area contributed by atoms with E-state index in [-0.39, 0.29) is 29.9 Å². The number of H-pyrrole nitrogens is 1. The zero-order chi connectivity index (χ0) is 20.8. The molecule has 8 heteroatoms. The van der Waals surface area contributed by atoms with Crippen LogP contribution < -0.4 is 21.9 Å². The molecule has 1 heterocycles. The van der Waals surface area contributed by atoms with Gasteiger partial charge in [-0.15, -0.1) is 0 Å². The highest BCUT2D eigenvalue weighted by Crippen LogP contribution is 2.21. The fourth-order valence-corrected chi connectivity index (χ4v) is 3.00. The molecule has 28 heavy (non-hydrogen) atoms. The van der Waals surface area contributed by atoms with E-state index >= 15 is 0 Å². The van der Waals surface area contributed by atoms with Gasteiger partial charge >= 0.3 is 5.69 Å². The van der Waals surface area contributed by atoms with Crippen LogP contribution in [0.2, 0.25) is 0 Å². The van der Waals surface area contributed by atoms with Crippen LogP contribution in [0.4, 0.5) is 11.5 Å². The number of nitrogens with zero attached hydrogens (tertiary/aromatic N) is 2. The van der Waals surface area contributed by atoms with Crippen LogP contribution in [0.1, 0.15) is 36.2 Å². The van der Waals surface area contributed by atoms with Crippen LogP contribution in [0.15, 0.2) is 33.9 Å². The molecule has 0 aliphatic rings. The maximum atomic E-state index is 13.2. The SMILES string of the molecule is COCCCN(C(=O)c1cccc(C)c1)c1c(N)n(CC(C)C)c(=O)[nH]c1=O. The Morgan fingerprint density at radius 3 is 2.64 bits per heavy atom. The molecule has 0 bridgehead atoms. The predicted molar refractivity (Wildman–Crippen MR) is 110 cm³/mol. The number of aromatic amines is 1. The highest BCUT2D eigenvalue weighted by molar-refractivity contribution is 6.07. The number of amides is 1. The topological polar surface area (TPSA) is 110 Å². The van der Waals surface area contributed by atoms with Crippen molar-refractivity contribution in [3.63, 3.8) is 0 Å².